The molecule has 6 aromatic carbocycles. The highest BCUT2D eigenvalue weighted by atomic mass is 16.3. The topological polar surface area (TPSA) is 31.0 Å². The van der Waals surface area contributed by atoms with Crippen molar-refractivity contribution in [1.29, 1.82) is 0 Å². The molecule has 0 radical (unpaired) electrons. The number of aromatic nitrogens is 2. The van der Waals surface area contributed by atoms with Gasteiger partial charge in [0.25, 0.3) is 0 Å². The molecule has 3 heteroatoms. The minimum Gasteiger partial charge on any atom is -0.456 e. The summed E-state index contributed by atoms with van der Waals surface area (Å²) < 4.78 is 8.45. The average molecular weight is 535 g/mol. The molecule has 0 atom stereocenters. The number of pyridine rings is 1. The van der Waals surface area contributed by atoms with Crippen molar-refractivity contribution in [3.63, 3.8) is 0 Å². The summed E-state index contributed by atoms with van der Waals surface area (Å²) in [6.07, 6.45) is 2.03. The van der Waals surface area contributed by atoms with Crippen LogP contribution in [-0.2, 0) is 0 Å². The SMILES string of the molecule is c1ccc2c(c1)-c1cccc3cnc(-n4c5ccccc5c5cc(-c6ccc7oc8ccccc8c7c6)ccc54)c-2c13. The van der Waals surface area contributed by atoms with Gasteiger partial charge in [-0.3, -0.25) is 4.57 Å². The number of rotatable bonds is 2. The van der Waals surface area contributed by atoms with Gasteiger partial charge in [-0.15, -0.1) is 0 Å². The third-order valence-corrected chi connectivity index (χ3v) is 8.98. The molecule has 3 aromatic heterocycles. The molecule has 3 nitrogen and oxygen atoms in total. The van der Waals surface area contributed by atoms with E-state index in [1.165, 1.54) is 54.9 Å². The van der Waals surface area contributed by atoms with E-state index in [-0.39, 0.29) is 0 Å². The Morgan fingerprint density at radius 2 is 1.19 bits per heavy atom. The molecule has 1 aliphatic rings. The summed E-state index contributed by atoms with van der Waals surface area (Å²) in [5.74, 6) is 0.977. The van der Waals surface area contributed by atoms with Gasteiger partial charge in [0.2, 0.25) is 0 Å². The molecule has 194 valence electrons. The normalized spacial score (nSPS) is 12.3. The van der Waals surface area contributed by atoms with Crippen LogP contribution in [0.2, 0.25) is 0 Å². The van der Waals surface area contributed by atoms with Gasteiger partial charge in [-0.1, -0.05) is 91.0 Å². The zero-order valence-electron chi connectivity index (χ0n) is 22.5. The molecule has 0 amide bonds. The predicted molar refractivity (Wildman–Crippen MR) is 173 cm³/mol. The second-order valence-electron chi connectivity index (χ2n) is 11.2. The van der Waals surface area contributed by atoms with E-state index in [1.807, 2.05) is 18.3 Å². The fourth-order valence-electron chi connectivity index (χ4n) is 7.14. The highest BCUT2D eigenvalue weighted by Crippen LogP contribution is 2.50. The van der Waals surface area contributed by atoms with E-state index in [1.54, 1.807) is 0 Å². The molecule has 3 heterocycles. The summed E-state index contributed by atoms with van der Waals surface area (Å²) in [6, 6.07) is 45.5. The molecule has 0 saturated carbocycles. The van der Waals surface area contributed by atoms with E-state index >= 15 is 0 Å². The second kappa shape index (κ2) is 7.96. The summed E-state index contributed by atoms with van der Waals surface area (Å²) in [5.41, 5.74) is 11.5. The Morgan fingerprint density at radius 3 is 2.12 bits per heavy atom. The van der Waals surface area contributed by atoms with E-state index in [9.17, 15) is 0 Å². The molecule has 10 rings (SSSR count). The number of para-hydroxylation sites is 2. The number of hydrogen-bond donors (Lipinski definition) is 0. The fourth-order valence-corrected chi connectivity index (χ4v) is 7.14. The highest BCUT2D eigenvalue weighted by Gasteiger charge is 2.27. The Balaban J connectivity index is 1.25. The number of nitrogens with zero attached hydrogens (tertiary/aromatic N) is 2. The molecule has 0 spiro atoms. The zero-order chi connectivity index (χ0) is 27.4. The minimum atomic E-state index is 0.915. The van der Waals surface area contributed by atoms with Crippen LogP contribution >= 0.6 is 0 Å². The van der Waals surface area contributed by atoms with Crippen LogP contribution in [0.3, 0.4) is 0 Å². The summed E-state index contributed by atoms with van der Waals surface area (Å²) in [7, 11) is 0. The lowest BCUT2D eigenvalue weighted by molar-refractivity contribution is 0.669. The lowest BCUT2D eigenvalue weighted by Gasteiger charge is -2.13. The minimum absolute atomic E-state index is 0.915. The van der Waals surface area contributed by atoms with E-state index in [0.717, 1.165) is 38.8 Å². The Morgan fingerprint density at radius 1 is 0.500 bits per heavy atom. The first-order valence-corrected chi connectivity index (χ1v) is 14.3. The molecule has 0 saturated heterocycles. The molecule has 1 aliphatic carbocycles. The quantitative estimate of drug-likeness (QED) is 0.221. The van der Waals surface area contributed by atoms with Crippen molar-refractivity contribution in [3.05, 3.63) is 134 Å². The second-order valence-corrected chi connectivity index (χ2v) is 11.2. The Bertz CT molecular complexity index is 2580. The van der Waals surface area contributed by atoms with Crippen molar-refractivity contribution in [3.8, 4) is 39.2 Å². The maximum Gasteiger partial charge on any atom is 0.146 e. The predicted octanol–water partition coefficient (Wildman–Crippen LogP) is 10.5. The van der Waals surface area contributed by atoms with Crippen molar-refractivity contribution >= 4 is 54.5 Å². The van der Waals surface area contributed by atoms with E-state index < -0.39 is 0 Å². The molecule has 0 aliphatic heterocycles. The van der Waals surface area contributed by atoms with Gasteiger partial charge in [0, 0.05) is 44.1 Å². The van der Waals surface area contributed by atoms with Gasteiger partial charge in [-0.2, -0.15) is 0 Å². The number of furan rings is 1. The summed E-state index contributed by atoms with van der Waals surface area (Å²) in [6.45, 7) is 0. The molecular weight excluding hydrogens is 512 g/mol. The monoisotopic (exact) mass is 534 g/mol. The van der Waals surface area contributed by atoms with Gasteiger partial charge in [0.15, 0.2) is 0 Å². The van der Waals surface area contributed by atoms with Gasteiger partial charge >= 0.3 is 0 Å². The van der Waals surface area contributed by atoms with E-state index in [0.29, 0.717) is 0 Å². The smallest absolute Gasteiger partial charge is 0.146 e. The maximum atomic E-state index is 6.09. The largest absolute Gasteiger partial charge is 0.456 e. The van der Waals surface area contributed by atoms with Gasteiger partial charge in [-0.25, -0.2) is 4.98 Å². The lowest BCUT2D eigenvalue weighted by Crippen LogP contribution is -2.00. The van der Waals surface area contributed by atoms with Crippen LogP contribution in [0.1, 0.15) is 0 Å². The maximum absolute atomic E-state index is 6.09. The van der Waals surface area contributed by atoms with Crippen LogP contribution in [0.15, 0.2) is 138 Å². The molecule has 42 heavy (non-hydrogen) atoms. The van der Waals surface area contributed by atoms with Gasteiger partial charge in [-0.05, 0) is 64.2 Å². The van der Waals surface area contributed by atoms with Crippen LogP contribution in [0, 0.1) is 0 Å². The average Bonchev–Trinajstić information content (AvgIpc) is 3.70. The van der Waals surface area contributed by atoms with Crippen LogP contribution in [-0.4, -0.2) is 9.55 Å². The van der Waals surface area contributed by atoms with Gasteiger partial charge in [0.1, 0.15) is 17.0 Å². The van der Waals surface area contributed by atoms with Crippen molar-refractivity contribution in [2.45, 2.75) is 0 Å². The molecule has 0 bridgehead atoms. The lowest BCUT2D eigenvalue weighted by atomic mass is 10.0. The molecule has 9 aromatic rings. The summed E-state index contributed by atoms with van der Waals surface area (Å²) in [5, 5.41) is 7.18. The molecule has 0 N–H and O–H groups in total. The van der Waals surface area contributed by atoms with Crippen molar-refractivity contribution in [1.82, 2.24) is 9.55 Å². The van der Waals surface area contributed by atoms with Crippen LogP contribution < -0.4 is 0 Å². The Labute approximate surface area is 240 Å². The van der Waals surface area contributed by atoms with E-state index in [4.69, 9.17) is 9.40 Å². The van der Waals surface area contributed by atoms with Gasteiger partial charge in [0.05, 0.1) is 11.0 Å². The standard InChI is InChI=1S/C39H22N2O/c1-2-12-30-26(9-1)29-13-7-8-25-22-40-39(38(30)37(25)29)41-33-14-5-3-10-27(33)31-20-23(16-18-34(31)41)24-17-19-36-32(21-24)28-11-4-6-15-35(28)42-36/h1-22H. The van der Waals surface area contributed by atoms with E-state index in [2.05, 4.69) is 120 Å². The molecule has 0 fully saturated rings. The first-order valence-electron chi connectivity index (χ1n) is 14.3. The van der Waals surface area contributed by atoms with Gasteiger partial charge < -0.3 is 4.42 Å². The highest BCUT2D eigenvalue weighted by molar-refractivity contribution is 6.18. The fraction of sp³-hybridized carbons (Fsp3) is 0. The molecular formula is C39H22N2O. The van der Waals surface area contributed by atoms with Crippen LogP contribution in [0.25, 0.3) is 93.7 Å². The summed E-state index contributed by atoms with van der Waals surface area (Å²) >= 11 is 0. The first kappa shape index (κ1) is 22.1. The van der Waals surface area contributed by atoms with Crippen LogP contribution in [0.5, 0.6) is 0 Å². The Hall–Kier alpha value is -5.67. The van der Waals surface area contributed by atoms with Crippen molar-refractivity contribution in [2.75, 3.05) is 0 Å². The third-order valence-electron chi connectivity index (χ3n) is 8.98. The number of hydrogen-bond acceptors (Lipinski definition) is 2. The number of benzene rings is 6. The summed E-state index contributed by atoms with van der Waals surface area (Å²) in [4.78, 5) is 5.14. The Kier molecular flexibility index (Phi) is 4.18. The van der Waals surface area contributed by atoms with Crippen molar-refractivity contribution in [2.24, 2.45) is 0 Å². The zero-order valence-corrected chi connectivity index (χ0v) is 22.5. The van der Waals surface area contributed by atoms with Crippen molar-refractivity contribution < 1.29 is 4.42 Å². The number of fused-ring (bicyclic) bond motifs is 9. The first-order chi connectivity index (χ1) is 20.8. The third kappa shape index (κ3) is 2.82. The van der Waals surface area contributed by atoms with Crippen LogP contribution in [0.4, 0.5) is 0 Å². The molecule has 0 unspecified atom stereocenters.